The van der Waals surface area contributed by atoms with Crippen LogP contribution >= 0.6 is 11.6 Å². The maximum atomic E-state index is 12.5. The molecule has 0 bridgehead atoms. The van der Waals surface area contributed by atoms with Gasteiger partial charge in [0.05, 0.1) is 6.54 Å². The van der Waals surface area contributed by atoms with E-state index in [0.717, 1.165) is 24.2 Å². The molecule has 3 rings (SSSR count). The van der Waals surface area contributed by atoms with Crippen molar-refractivity contribution in [3.8, 4) is 6.01 Å². The molecular formula is C18H21ClN4O2. The van der Waals surface area contributed by atoms with Gasteiger partial charge in [0.25, 0.3) is 0 Å². The molecule has 25 heavy (non-hydrogen) atoms. The van der Waals surface area contributed by atoms with Gasteiger partial charge in [-0.15, -0.1) is 0 Å². The van der Waals surface area contributed by atoms with E-state index in [-0.39, 0.29) is 12.1 Å². The Morgan fingerprint density at radius 3 is 2.76 bits per heavy atom. The molecular weight excluding hydrogens is 340 g/mol. The topological polar surface area (TPSA) is 67.3 Å². The van der Waals surface area contributed by atoms with E-state index in [1.54, 1.807) is 23.1 Å². The number of piperidine rings is 1. The standard InChI is InChI=1S/C18H21ClN4O2/c1-12-9-13(2)21-17(20-12)25-16-7-4-8-23(11-16)18(24)22-15-6-3-5-14(19)10-15/h3,5-6,9-10,16H,4,7-8,11H2,1-2H3,(H,22,24). The number of aryl methyl sites for hydroxylation is 2. The first-order chi connectivity index (χ1) is 12.0. The minimum atomic E-state index is -0.156. The number of aromatic nitrogens is 2. The first-order valence-corrected chi connectivity index (χ1v) is 8.68. The summed E-state index contributed by atoms with van der Waals surface area (Å²) in [6.07, 6.45) is 1.63. The molecule has 1 N–H and O–H groups in total. The molecule has 6 nitrogen and oxygen atoms in total. The van der Waals surface area contributed by atoms with Gasteiger partial charge in [-0.3, -0.25) is 0 Å². The van der Waals surface area contributed by atoms with Gasteiger partial charge in [0.15, 0.2) is 0 Å². The molecule has 1 atom stereocenters. The lowest BCUT2D eigenvalue weighted by Crippen LogP contribution is -2.46. The van der Waals surface area contributed by atoms with Crippen molar-refractivity contribution in [1.82, 2.24) is 14.9 Å². The van der Waals surface area contributed by atoms with E-state index in [9.17, 15) is 4.79 Å². The normalized spacial score (nSPS) is 17.2. The van der Waals surface area contributed by atoms with Crippen molar-refractivity contribution >= 4 is 23.3 Å². The summed E-state index contributed by atoms with van der Waals surface area (Å²) < 4.78 is 5.90. The summed E-state index contributed by atoms with van der Waals surface area (Å²) in [6.45, 7) is 5.02. The van der Waals surface area contributed by atoms with Crippen LogP contribution in [0.25, 0.3) is 0 Å². The van der Waals surface area contributed by atoms with Gasteiger partial charge in [-0.1, -0.05) is 17.7 Å². The van der Waals surface area contributed by atoms with Crippen LogP contribution in [0.4, 0.5) is 10.5 Å². The van der Waals surface area contributed by atoms with Crippen LogP contribution in [0.2, 0.25) is 5.02 Å². The SMILES string of the molecule is Cc1cc(C)nc(OC2CCCN(C(=O)Nc3cccc(Cl)c3)C2)n1. The van der Waals surface area contributed by atoms with Crippen LogP contribution in [0.3, 0.4) is 0 Å². The summed E-state index contributed by atoms with van der Waals surface area (Å²) >= 11 is 5.95. The number of urea groups is 1. The zero-order chi connectivity index (χ0) is 17.8. The van der Waals surface area contributed by atoms with Crippen LogP contribution in [0.1, 0.15) is 24.2 Å². The number of rotatable bonds is 3. The number of benzene rings is 1. The summed E-state index contributed by atoms with van der Waals surface area (Å²) in [5.41, 5.74) is 2.42. The number of halogens is 1. The van der Waals surface area contributed by atoms with Crippen molar-refractivity contribution in [3.05, 3.63) is 46.7 Å². The van der Waals surface area contributed by atoms with Crippen LogP contribution in [0.5, 0.6) is 6.01 Å². The van der Waals surface area contributed by atoms with Gasteiger partial charge in [-0.2, -0.15) is 0 Å². The Kier molecular flexibility index (Phi) is 5.38. The van der Waals surface area contributed by atoms with E-state index in [1.807, 2.05) is 26.0 Å². The quantitative estimate of drug-likeness (QED) is 0.903. The van der Waals surface area contributed by atoms with Gasteiger partial charge in [-0.25, -0.2) is 14.8 Å². The Labute approximate surface area is 152 Å². The monoisotopic (exact) mass is 360 g/mol. The molecule has 1 fully saturated rings. The lowest BCUT2D eigenvalue weighted by molar-refractivity contribution is 0.0980. The number of carbonyl (C=O) groups is 1. The molecule has 1 aliphatic rings. The highest BCUT2D eigenvalue weighted by Crippen LogP contribution is 2.19. The summed E-state index contributed by atoms with van der Waals surface area (Å²) in [5, 5.41) is 3.46. The van der Waals surface area contributed by atoms with E-state index in [4.69, 9.17) is 16.3 Å². The summed E-state index contributed by atoms with van der Waals surface area (Å²) in [4.78, 5) is 22.8. The predicted octanol–water partition coefficient (Wildman–Crippen LogP) is 3.82. The number of nitrogens with zero attached hydrogens (tertiary/aromatic N) is 3. The van der Waals surface area contributed by atoms with Gasteiger partial charge in [0.1, 0.15) is 6.10 Å². The van der Waals surface area contributed by atoms with Crippen molar-refractivity contribution in [2.24, 2.45) is 0 Å². The minimum absolute atomic E-state index is 0.111. The number of nitrogens with one attached hydrogen (secondary N) is 1. The van der Waals surface area contributed by atoms with E-state index >= 15 is 0 Å². The van der Waals surface area contributed by atoms with Crippen LogP contribution in [0.15, 0.2) is 30.3 Å². The van der Waals surface area contributed by atoms with Crippen molar-refractivity contribution in [1.29, 1.82) is 0 Å². The third-order valence-corrected chi connectivity index (χ3v) is 4.21. The average Bonchev–Trinajstić information content (AvgIpc) is 2.54. The van der Waals surface area contributed by atoms with Gasteiger partial charge < -0.3 is 15.0 Å². The number of amides is 2. The zero-order valence-corrected chi connectivity index (χ0v) is 15.1. The van der Waals surface area contributed by atoms with Crippen LogP contribution in [0, 0.1) is 13.8 Å². The van der Waals surface area contributed by atoms with E-state index in [2.05, 4.69) is 15.3 Å². The molecule has 1 unspecified atom stereocenters. The second-order valence-corrected chi connectivity index (χ2v) is 6.64. The number of anilines is 1. The van der Waals surface area contributed by atoms with Crippen molar-refractivity contribution < 1.29 is 9.53 Å². The first kappa shape index (κ1) is 17.5. The molecule has 1 saturated heterocycles. The van der Waals surface area contributed by atoms with Gasteiger partial charge >= 0.3 is 12.0 Å². The van der Waals surface area contributed by atoms with Crippen LogP contribution in [-0.2, 0) is 0 Å². The fourth-order valence-electron chi connectivity index (χ4n) is 2.88. The fraction of sp³-hybridized carbons (Fsp3) is 0.389. The van der Waals surface area contributed by atoms with Crippen LogP contribution < -0.4 is 10.1 Å². The third-order valence-electron chi connectivity index (χ3n) is 3.98. The minimum Gasteiger partial charge on any atom is -0.458 e. The molecule has 2 heterocycles. The lowest BCUT2D eigenvalue weighted by Gasteiger charge is -2.32. The number of ether oxygens (including phenoxy) is 1. The molecule has 1 aromatic heterocycles. The predicted molar refractivity (Wildman–Crippen MR) is 97.2 cm³/mol. The number of hydrogen-bond donors (Lipinski definition) is 1. The van der Waals surface area contributed by atoms with Crippen molar-refractivity contribution in [2.75, 3.05) is 18.4 Å². The molecule has 7 heteroatoms. The maximum absolute atomic E-state index is 12.5. The molecule has 0 saturated carbocycles. The molecule has 0 aliphatic carbocycles. The third kappa shape index (κ3) is 4.82. The Hall–Kier alpha value is -2.34. The zero-order valence-electron chi connectivity index (χ0n) is 14.3. The summed E-state index contributed by atoms with van der Waals surface area (Å²) in [5.74, 6) is 0. The largest absolute Gasteiger partial charge is 0.458 e. The molecule has 0 radical (unpaired) electrons. The number of likely N-dealkylation sites (tertiary alicyclic amines) is 1. The number of carbonyl (C=O) groups excluding carboxylic acids is 1. The molecule has 2 amide bonds. The Morgan fingerprint density at radius 2 is 2.04 bits per heavy atom. The first-order valence-electron chi connectivity index (χ1n) is 8.30. The number of hydrogen-bond acceptors (Lipinski definition) is 4. The average molecular weight is 361 g/mol. The highest BCUT2D eigenvalue weighted by atomic mass is 35.5. The highest BCUT2D eigenvalue weighted by molar-refractivity contribution is 6.30. The maximum Gasteiger partial charge on any atom is 0.321 e. The Bertz CT molecular complexity index is 748. The smallest absolute Gasteiger partial charge is 0.321 e. The van der Waals surface area contributed by atoms with Crippen LogP contribution in [-0.4, -0.2) is 40.1 Å². The Morgan fingerprint density at radius 1 is 1.28 bits per heavy atom. The molecule has 1 aliphatic heterocycles. The van der Waals surface area contributed by atoms with Crippen molar-refractivity contribution in [2.45, 2.75) is 32.8 Å². The lowest BCUT2D eigenvalue weighted by atomic mass is 10.1. The molecule has 2 aromatic rings. The van der Waals surface area contributed by atoms with Crippen molar-refractivity contribution in [3.63, 3.8) is 0 Å². The highest BCUT2D eigenvalue weighted by Gasteiger charge is 2.25. The van der Waals surface area contributed by atoms with E-state index in [1.165, 1.54) is 0 Å². The Balaban J connectivity index is 1.61. The fourth-order valence-corrected chi connectivity index (χ4v) is 3.07. The summed E-state index contributed by atoms with van der Waals surface area (Å²) in [6, 6.07) is 9.23. The van der Waals surface area contributed by atoms with Gasteiger partial charge in [0.2, 0.25) is 0 Å². The van der Waals surface area contributed by atoms with Gasteiger partial charge in [-0.05, 0) is 51.0 Å². The molecule has 0 spiro atoms. The summed E-state index contributed by atoms with van der Waals surface area (Å²) in [7, 11) is 0. The second-order valence-electron chi connectivity index (χ2n) is 6.20. The van der Waals surface area contributed by atoms with E-state index in [0.29, 0.717) is 29.8 Å². The van der Waals surface area contributed by atoms with E-state index < -0.39 is 0 Å². The molecule has 1 aromatic carbocycles. The molecule has 132 valence electrons. The second kappa shape index (κ2) is 7.70. The van der Waals surface area contributed by atoms with Gasteiger partial charge in [0, 0.05) is 28.6 Å².